The summed E-state index contributed by atoms with van der Waals surface area (Å²) in [5.74, 6) is 0. The van der Waals surface area contributed by atoms with E-state index in [2.05, 4.69) is 51.3 Å². The van der Waals surface area contributed by atoms with Gasteiger partial charge in [0.15, 0.2) is 0 Å². The molecule has 0 saturated carbocycles. The number of aryl methyl sites for hydroxylation is 1. The summed E-state index contributed by atoms with van der Waals surface area (Å²) in [6.45, 7) is 9.29. The van der Waals surface area contributed by atoms with Crippen molar-refractivity contribution in [1.82, 2.24) is 10.2 Å². The number of benzene rings is 1. The molecule has 106 valence electrons. The molecule has 0 bridgehead atoms. The number of morpholine rings is 1. The van der Waals surface area contributed by atoms with E-state index < -0.39 is 0 Å². The Bertz CT molecular complexity index is 371. The van der Waals surface area contributed by atoms with Crippen LogP contribution in [0.5, 0.6) is 0 Å². The van der Waals surface area contributed by atoms with Crippen molar-refractivity contribution >= 4 is 15.9 Å². The van der Waals surface area contributed by atoms with E-state index in [1.165, 1.54) is 24.1 Å². The molecule has 1 aromatic rings. The molecule has 19 heavy (non-hydrogen) atoms. The highest BCUT2D eigenvalue weighted by Crippen LogP contribution is 2.15. The number of nitrogens with zero attached hydrogens (tertiary/aromatic N) is 1. The zero-order valence-corrected chi connectivity index (χ0v) is 13.2. The summed E-state index contributed by atoms with van der Waals surface area (Å²) in [6.07, 6.45) is 1.20. The van der Waals surface area contributed by atoms with Crippen molar-refractivity contribution < 1.29 is 4.74 Å². The van der Waals surface area contributed by atoms with Crippen molar-refractivity contribution in [3.05, 3.63) is 33.8 Å². The number of nitrogens with one attached hydrogen (secondary N) is 1. The minimum atomic E-state index is 0.894. The molecule has 0 spiro atoms. The Hall–Kier alpha value is -0.420. The van der Waals surface area contributed by atoms with Crippen molar-refractivity contribution in [2.75, 3.05) is 39.4 Å². The van der Waals surface area contributed by atoms with Crippen LogP contribution in [0.4, 0.5) is 0 Å². The van der Waals surface area contributed by atoms with Gasteiger partial charge in [0.1, 0.15) is 0 Å². The molecule has 0 amide bonds. The summed E-state index contributed by atoms with van der Waals surface area (Å²) >= 11 is 3.54. The predicted octanol–water partition coefficient (Wildman–Crippen LogP) is 2.57. The average molecular weight is 327 g/mol. The number of ether oxygens (including phenoxy) is 1. The number of hydrogen-bond donors (Lipinski definition) is 1. The van der Waals surface area contributed by atoms with Gasteiger partial charge in [0.05, 0.1) is 13.2 Å². The Morgan fingerprint density at radius 1 is 1.26 bits per heavy atom. The second kappa shape index (κ2) is 8.00. The molecule has 0 aromatic heterocycles. The maximum absolute atomic E-state index is 5.35. The van der Waals surface area contributed by atoms with E-state index in [1.807, 2.05) is 0 Å². The van der Waals surface area contributed by atoms with E-state index in [0.29, 0.717) is 0 Å². The van der Waals surface area contributed by atoms with Crippen LogP contribution in [0.1, 0.15) is 17.5 Å². The van der Waals surface area contributed by atoms with Gasteiger partial charge in [0.25, 0.3) is 0 Å². The van der Waals surface area contributed by atoms with E-state index >= 15 is 0 Å². The highest BCUT2D eigenvalue weighted by Gasteiger charge is 2.08. The zero-order valence-electron chi connectivity index (χ0n) is 11.6. The fourth-order valence-corrected chi connectivity index (χ4v) is 3.05. The third-order valence-electron chi connectivity index (χ3n) is 3.36. The quantitative estimate of drug-likeness (QED) is 0.813. The largest absolute Gasteiger partial charge is 0.379 e. The van der Waals surface area contributed by atoms with Crippen LogP contribution >= 0.6 is 15.9 Å². The first-order valence-corrected chi connectivity index (χ1v) is 7.80. The van der Waals surface area contributed by atoms with Gasteiger partial charge >= 0.3 is 0 Å². The average Bonchev–Trinajstić information content (AvgIpc) is 2.38. The summed E-state index contributed by atoms with van der Waals surface area (Å²) < 4.78 is 6.51. The molecule has 0 atom stereocenters. The Morgan fingerprint density at radius 3 is 2.79 bits per heavy atom. The zero-order chi connectivity index (χ0) is 13.5. The van der Waals surface area contributed by atoms with Crippen LogP contribution in [0.3, 0.4) is 0 Å². The molecule has 1 heterocycles. The van der Waals surface area contributed by atoms with Gasteiger partial charge in [0, 0.05) is 24.1 Å². The monoisotopic (exact) mass is 326 g/mol. The van der Waals surface area contributed by atoms with E-state index in [-0.39, 0.29) is 0 Å². The van der Waals surface area contributed by atoms with Crippen LogP contribution in [-0.4, -0.2) is 44.3 Å². The van der Waals surface area contributed by atoms with E-state index in [1.54, 1.807) is 0 Å². The van der Waals surface area contributed by atoms with Crippen molar-refractivity contribution in [2.24, 2.45) is 0 Å². The fraction of sp³-hybridized carbons (Fsp3) is 0.600. The lowest BCUT2D eigenvalue weighted by molar-refractivity contribution is 0.0374. The molecule has 1 N–H and O–H groups in total. The maximum atomic E-state index is 5.35. The molecule has 1 saturated heterocycles. The van der Waals surface area contributed by atoms with Crippen molar-refractivity contribution in [1.29, 1.82) is 0 Å². The lowest BCUT2D eigenvalue weighted by Gasteiger charge is -2.26. The standard InChI is InChI=1S/C15H23BrN2O/c1-13-9-14(11-15(16)10-13)12-17-3-2-4-18-5-7-19-8-6-18/h9-11,17H,2-8,12H2,1H3. The first-order valence-electron chi connectivity index (χ1n) is 7.01. The van der Waals surface area contributed by atoms with Crippen LogP contribution in [-0.2, 0) is 11.3 Å². The Labute approximate surface area is 124 Å². The van der Waals surface area contributed by atoms with Crippen molar-refractivity contribution in [3.8, 4) is 0 Å². The molecule has 1 aliphatic rings. The molecule has 1 aromatic carbocycles. The minimum Gasteiger partial charge on any atom is -0.379 e. The highest BCUT2D eigenvalue weighted by atomic mass is 79.9. The first kappa shape index (κ1) is 15.0. The van der Waals surface area contributed by atoms with Crippen LogP contribution in [0.15, 0.2) is 22.7 Å². The summed E-state index contributed by atoms with van der Waals surface area (Å²) in [5.41, 5.74) is 2.65. The minimum absolute atomic E-state index is 0.894. The van der Waals surface area contributed by atoms with Crippen molar-refractivity contribution in [2.45, 2.75) is 19.9 Å². The second-order valence-electron chi connectivity index (χ2n) is 5.12. The normalized spacial score (nSPS) is 16.7. The third kappa shape index (κ3) is 5.61. The molecule has 1 fully saturated rings. The fourth-order valence-electron chi connectivity index (χ4n) is 2.40. The third-order valence-corrected chi connectivity index (χ3v) is 3.82. The van der Waals surface area contributed by atoms with Gasteiger partial charge in [-0.05, 0) is 49.7 Å². The topological polar surface area (TPSA) is 24.5 Å². The molecule has 3 nitrogen and oxygen atoms in total. The maximum Gasteiger partial charge on any atom is 0.0594 e. The van der Waals surface area contributed by atoms with Crippen molar-refractivity contribution in [3.63, 3.8) is 0 Å². The Balaban J connectivity index is 1.60. The molecular formula is C15H23BrN2O. The first-order chi connectivity index (χ1) is 9.24. The van der Waals surface area contributed by atoms with Crippen LogP contribution < -0.4 is 5.32 Å². The smallest absolute Gasteiger partial charge is 0.0594 e. The lowest BCUT2D eigenvalue weighted by atomic mass is 10.1. The summed E-state index contributed by atoms with van der Waals surface area (Å²) in [4.78, 5) is 2.48. The lowest BCUT2D eigenvalue weighted by Crippen LogP contribution is -2.37. The van der Waals surface area contributed by atoms with E-state index in [4.69, 9.17) is 4.74 Å². The van der Waals surface area contributed by atoms with Crippen LogP contribution in [0.25, 0.3) is 0 Å². The van der Waals surface area contributed by atoms with Gasteiger partial charge in [-0.3, -0.25) is 4.90 Å². The SMILES string of the molecule is Cc1cc(Br)cc(CNCCCN2CCOCC2)c1. The summed E-state index contributed by atoms with van der Waals surface area (Å²) in [5, 5.41) is 3.52. The molecule has 2 rings (SSSR count). The Morgan fingerprint density at radius 2 is 2.05 bits per heavy atom. The second-order valence-corrected chi connectivity index (χ2v) is 6.04. The molecule has 0 aliphatic carbocycles. The van der Waals surface area contributed by atoms with Gasteiger partial charge in [-0.15, -0.1) is 0 Å². The van der Waals surface area contributed by atoms with Gasteiger partial charge in [-0.1, -0.05) is 22.0 Å². The Kier molecular flexibility index (Phi) is 6.31. The number of rotatable bonds is 6. The molecular weight excluding hydrogens is 304 g/mol. The summed E-state index contributed by atoms with van der Waals surface area (Å²) in [6, 6.07) is 6.56. The molecule has 0 radical (unpaired) electrons. The van der Waals surface area contributed by atoms with E-state index in [0.717, 1.165) is 43.9 Å². The highest BCUT2D eigenvalue weighted by molar-refractivity contribution is 9.10. The van der Waals surface area contributed by atoms with Gasteiger partial charge < -0.3 is 10.1 Å². The van der Waals surface area contributed by atoms with Gasteiger partial charge in [0.2, 0.25) is 0 Å². The predicted molar refractivity (Wildman–Crippen MR) is 82.5 cm³/mol. The number of halogens is 1. The van der Waals surface area contributed by atoms with Crippen LogP contribution in [0, 0.1) is 6.92 Å². The molecule has 4 heteroatoms. The number of hydrogen-bond acceptors (Lipinski definition) is 3. The van der Waals surface area contributed by atoms with Gasteiger partial charge in [-0.25, -0.2) is 0 Å². The summed E-state index contributed by atoms with van der Waals surface area (Å²) in [7, 11) is 0. The molecule has 0 unspecified atom stereocenters. The molecule has 1 aliphatic heterocycles. The van der Waals surface area contributed by atoms with Crippen LogP contribution in [0.2, 0.25) is 0 Å². The van der Waals surface area contributed by atoms with Gasteiger partial charge in [-0.2, -0.15) is 0 Å². The van der Waals surface area contributed by atoms with E-state index in [9.17, 15) is 0 Å².